The number of amides is 2. The zero-order valence-corrected chi connectivity index (χ0v) is 9.05. The summed E-state index contributed by atoms with van der Waals surface area (Å²) in [6, 6.07) is 0. The number of methoxy groups -OCH3 is 1. The molecule has 86 valence electrons. The lowest BCUT2D eigenvalue weighted by Gasteiger charge is -2.27. The predicted molar refractivity (Wildman–Crippen MR) is 57.4 cm³/mol. The van der Waals surface area contributed by atoms with E-state index in [0.29, 0.717) is 13.1 Å². The number of hydrogen-bond acceptors (Lipinski definition) is 3. The van der Waals surface area contributed by atoms with Gasteiger partial charge < -0.3 is 15.4 Å². The molecule has 1 aliphatic carbocycles. The molecule has 5 heteroatoms. The average molecular weight is 222 g/mol. The van der Waals surface area contributed by atoms with Gasteiger partial charge in [-0.05, 0) is 0 Å². The number of hydrogen-bond donors (Lipinski definition) is 1. The molecule has 1 fully saturated rings. The lowest BCUT2D eigenvalue weighted by Crippen LogP contribution is -2.42. The van der Waals surface area contributed by atoms with Crippen LogP contribution in [0.15, 0.2) is 24.3 Å². The molecule has 2 unspecified atom stereocenters. The van der Waals surface area contributed by atoms with Crippen molar-refractivity contribution in [1.29, 1.82) is 0 Å². The Morgan fingerprint density at radius 3 is 2.81 bits per heavy atom. The van der Waals surface area contributed by atoms with Gasteiger partial charge in [0.15, 0.2) is 0 Å². The van der Waals surface area contributed by atoms with Gasteiger partial charge in [-0.2, -0.15) is 0 Å². The molecule has 16 heavy (non-hydrogen) atoms. The maximum Gasteiger partial charge on any atom is 0.409 e. The standard InChI is InChI=1S/C11H14N2O3/c1-16-10(15)13-6-8-4-2-3-5-11(8,7-13)9(12)14/h2-5,8H,6-7H2,1H3,(H2,12,14). The normalized spacial score (nSPS) is 31.3. The molecule has 1 saturated heterocycles. The van der Waals surface area contributed by atoms with E-state index in [2.05, 4.69) is 4.74 Å². The average Bonchev–Trinajstić information content (AvgIpc) is 2.68. The molecule has 0 bridgehead atoms. The molecule has 2 aliphatic rings. The summed E-state index contributed by atoms with van der Waals surface area (Å²) in [7, 11) is 1.33. The van der Waals surface area contributed by atoms with Gasteiger partial charge in [0.2, 0.25) is 5.91 Å². The highest BCUT2D eigenvalue weighted by Gasteiger charge is 2.50. The van der Waals surface area contributed by atoms with Crippen molar-refractivity contribution in [2.45, 2.75) is 0 Å². The zero-order valence-electron chi connectivity index (χ0n) is 9.05. The van der Waals surface area contributed by atoms with Crippen molar-refractivity contribution in [3.05, 3.63) is 24.3 Å². The van der Waals surface area contributed by atoms with E-state index < -0.39 is 17.4 Å². The Hall–Kier alpha value is -1.78. The molecule has 2 atom stereocenters. The van der Waals surface area contributed by atoms with Crippen LogP contribution in [0.25, 0.3) is 0 Å². The van der Waals surface area contributed by atoms with E-state index in [0.717, 1.165) is 0 Å². The van der Waals surface area contributed by atoms with Crippen molar-refractivity contribution in [3.63, 3.8) is 0 Å². The van der Waals surface area contributed by atoms with Gasteiger partial charge in [0.05, 0.1) is 12.5 Å². The summed E-state index contributed by atoms with van der Waals surface area (Å²) in [4.78, 5) is 24.5. The van der Waals surface area contributed by atoms with Gasteiger partial charge in [-0.3, -0.25) is 4.79 Å². The summed E-state index contributed by atoms with van der Waals surface area (Å²) in [6.07, 6.45) is 6.93. The van der Waals surface area contributed by atoms with Crippen molar-refractivity contribution < 1.29 is 14.3 Å². The molecular weight excluding hydrogens is 208 g/mol. The number of carbonyl (C=O) groups excluding carboxylic acids is 2. The second-order valence-electron chi connectivity index (χ2n) is 4.11. The number of carbonyl (C=O) groups is 2. The fraction of sp³-hybridized carbons (Fsp3) is 0.455. The lowest BCUT2D eigenvalue weighted by molar-refractivity contribution is -0.125. The first kappa shape index (κ1) is 10.7. The lowest BCUT2D eigenvalue weighted by atomic mass is 9.75. The van der Waals surface area contributed by atoms with Crippen LogP contribution in [0.4, 0.5) is 4.79 Å². The Balaban J connectivity index is 2.29. The number of nitrogens with zero attached hydrogens (tertiary/aromatic N) is 1. The fourth-order valence-corrected chi connectivity index (χ4v) is 2.34. The van der Waals surface area contributed by atoms with Crippen molar-refractivity contribution in [3.8, 4) is 0 Å². The SMILES string of the molecule is COC(=O)N1CC2C=CC=CC2(C(N)=O)C1. The highest BCUT2D eigenvalue weighted by Crippen LogP contribution is 2.40. The smallest absolute Gasteiger partial charge is 0.409 e. The largest absolute Gasteiger partial charge is 0.453 e. The zero-order chi connectivity index (χ0) is 11.8. The quantitative estimate of drug-likeness (QED) is 0.692. The molecule has 0 saturated carbocycles. The van der Waals surface area contributed by atoms with E-state index in [1.54, 1.807) is 12.2 Å². The van der Waals surface area contributed by atoms with Crippen LogP contribution in [-0.2, 0) is 9.53 Å². The van der Waals surface area contributed by atoms with Crippen molar-refractivity contribution >= 4 is 12.0 Å². The highest BCUT2D eigenvalue weighted by atomic mass is 16.5. The molecule has 0 aromatic carbocycles. The van der Waals surface area contributed by atoms with Crippen LogP contribution >= 0.6 is 0 Å². The molecule has 0 radical (unpaired) electrons. The number of ether oxygens (including phenoxy) is 1. The van der Waals surface area contributed by atoms with Gasteiger partial charge in [0.1, 0.15) is 0 Å². The summed E-state index contributed by atoms with van der Waals surface area (Å²) in [5.74, 6) is -0.446. The van der Waals surface area contributed by atoms with E-state index in [1.165, 1.54) is 12.0 Å². The van der Waals surface area contributed by atoms with Crippen molar-refractivity contribution in [2.24, 2.45) is 17.1 Å². The first-order chi connectivity index (χ1) is 7.60. The van der Waals surface area contributed by atoms with Gasteiger partial charge in [0.25, 0.3) is 0 Å². The summed E-state index contributed by atoms with van der Waals surface area (Å²) in [6.45, 7) is 0.761. The molecule has 2 rings (SSSR count). The molecule has 0 spiro atoms. The van der Waals surface area contributed by atoms with Gasteiger partial charge in [-0.15, -0.1) is 0 Å². The molecule has 1 aliphatic heterocycles. The van der Waals surface area contributed by atoms with Crippen LogP contribution in [0.3, 0.4) is 0 Å². The number of rotatable bonds is 1. The second-order valence-corrected chi connectivity index (χ2v) is 4.11. The Bertz CT molecular complexity index is 389. The van der Waals surface area contributed by atoms with Crippen LogP contribution < -0.4 is 5.73 Å². The topological polar surface area (TPSA) is 72.6 Å². The van der Waals surface area contributed by atoms with Gasteiger partial charge >= 0.3 is 6.09 Å². The van der Waals surface area contributed by atoms with Crippen LogP contribution in [0, 0.1) is 11.3 Å². The van der Waals surface area contributed by atoms with Gasteiger partial charge in [0, 0.05) is 19.0 Å². The van der Waals surface area contributed by atoms with Crippen molar-refractivity contribution in [1.82, 2.24) is 4.90 Å². The third kappa shape index (κ3) is 1.39. The maximum atomic E-state index is 11.6. The predicted octanol–water partition coefficient (Wildman–Crippen LogP) is 0.282. The first-order valence-corrected chi connectivity index (χ1v) is 5.09. The van der Waals surface area contributed by atoms with E-state index in [9.17, 15) is 9.59 Å². The Morgan fingerprint density at radius 2 is 2.25 bits per heavy atom. The van der Waals surface area contributed by atoms with E-state index in [1.807, 2.05) is 12.2 Å². The molecule has 2 amide bonds. The first-order valence-electron chi connectivity index (χ1n) is 5.09. The van der Waals surface area contributed by atoms with Crippen LogP contribution in [0.2, 0.25) is 0 Å². The minimum absolute atomic E-state index is 0.0471. The highest BCUT2D eigenvalue weighted by molar-refractivity contribution is 5.86. The molecule has 0 aromatic rings. The molecule has 5 nitrogen and oxygen atoms in total. The maximum absolute atomic E-state index is 11.6. The molecule has 1 heterocycles. The van der Waals surface area contributed by atoms with Gasteiger partial charge in [-0.1, -0.05) is 24.3 Å². The van der Waals surface area contributed by atoms with Crippen LogP contribution in [0.5, 0.6) is 0 Å². The monoisotopic (exact) mass is 222 g/mol. The van der Waals surface area contributed by atoms with Crippen molar-refractivity contribution in [2.75, 3.05) is 20.2 Å². The molecule has 2 N–H and O–H groups in total. The van der Waals surface area contributed by atoms with E-state index in [4.69, 9.17) is 5.73 Å². The summed E-state index contributed by atoms with van der Waals surface area (Å²) in [5, 5.41) is 0. The second kappa shape index (κ2) is 3.66. The summed E-state index contributed by atoms with van der Waals surface area (Å²) < 4.78 is 4.65. The number of nitrogens with two attached hydrogens (primary N) is 1. The molecular formula is C11H14N2O3. The third-order valence-corrected chi connectivity index (χ3v) is 3.27. The fourth-order valence-electron chi connectivity index (χ4n) is 2.34. The number of likely N-dealkylation sites (tertiary alicyclic amines) is 1. The summed E-state index contributed by atoms with van der Waals surface area (Å²) in [5.41, 5.74) is 4.68. The number of fused-ring (bicyclic) bond motifs is 1. The Morgan fingerprint density at radius 1 is 1.50 bits per heavy atom. The van der Waals surface area contributed by atoms with E-state index >= 15 is 0 Å². The number of primary amides is 1. The van der Waals surface area contributed by atoms with E-state index in [-0.39, 0.29) is 5.92 Å². The minimum Gasteiger partial charge on any atom is -0.453 e. The number of allylic oxidation sites excluding steroid dienone is 2. The van der Waals surface area contributed by atoms with Crippen LogP contribution in [-0.4, -0.2) is 37.1 Å². The van der Waals surface area contributed by atoms with Crippen LogP contribution in [0.1, 0.15) is 0 Å². The third-order valence-electron chi connectivity index (χ3n) is 3.27. The Kier molecular flexibility index (Phi) is 2.46. The molecule has 0 aromatic heterocycles. The van der Waals surface area contributed by atoms with Gasteiger partial charge in [-0.25, -0.2) is 4.79 Å². The Labute approximate surface area is 93.5 Å². The minimum atomic E-state index is -0.761. The summed E-state index contributed by atoms with van der Waals surface area (Å²) >= 11 is 0.